The predicted molar refractivity (Wildman–Crippen MR) is 29.5 cm³/mol. The SMILES string of the molecule is OC[C@H]1CC(O)CN1. The minimum absolute atomic E-state index is 0.130. The molecule has 1 aliphatic rings. The van der Waals surface area contributed by atoms with Gasteiger partial charge in [-0.3, -0.25) is 0 Å². The molecule has 0 bridgehead atoms. The van der Waals surface area contributed by atoms with Crippen molar-refractivity contribution >= 4 is 0 Å². The van der Waals surface area contributed by atoms with Crippen molar-refractivity contribution in [3.63, 3.8) is 0 Å². The lowest BCUT2D eigenvalue weighted by Crippen LogP contribution is -2.24. The zero-order valence-corrected chi connectivity index (χ0v) is 4.67. The molecule has 0 amide bonds. The van der Waals surface area contributed by atoms with Crippen molar-refractivity contribution in [1.29, 1.82) is 0 Å². The molecule has 48 valence electrons. The fourth-order valence-corrected chi connectivity index (χ4v) is 0.937. The molecule has 0 spiro atoms. The van der Waals surface area contributed by atoms with Gasteiger partial charge in [-0.1, -0.05) is 0 Å². The van der Waals surface area contributed by atoms with E-state index in [0.717, 1.165) is 0 Å². The Morgan fingerprint density at radius 2 is 2.38 bits per heavy atom. The quantitative estimate of drug-likeness (QED) is 0.400. The van der Waals surface area contributed by atoms with Crippen molar-refractivity contribution in [2.45, 2.75) is 18.6 Å². The van der Waals surface area contributed by atoms with Gasteiger partial charge in [0.1, 0.15) is 0 Å². The van der Waals surface area contributed by atoms with Gasteiger partial charge in [0.15, 0.2) is 0 Å². The van der Waals surface area contributed by atoms with E-state index in [-0.39, 0.29) is 18.8 Å². The van der Waals surface area contributed by atoms with Crippen LogP contribution in [0.5, 0.6) is 0 Å². The lowest BCUT2D eigenvalue weighted by molar-refractivity contribution is 0.184. The van der Waals surface area contributed by atoms with Crippen LogP contribution >= 0.6 is 0 Å². The monoisotopic (exact) mass is 117 g/mol. The Hall–Kier alpha value is -0.120. The van der Waals surface area contributed by atoms with Crippen LogP contribution in [0.15, 0.2) is 0 Å². The third kappa shape index (κ3) is 1.18. The van der Waals surface area contributed by atoms with E-state index in [1.807, 2.05) is 0 Å². The van der Waals surface area contributed by atoms with Crippen molar-refractivity contribution in [1.82, 2.24) is 5.32 Å². The van der Waals surface area contributed by atoms with Crippen LogP contribution < -0.4 is 5.32 Å². The maximum Gasteiger partial charge on any atom is 0.0680 e. The average Bonchev–Trinajstić information content (AvgIpc) is 2.14. The number of aliphatic hydroxyl groups excluding tert-OH is 2. The lowest BCUT2D eigenvalue weighted by atomic mass is 10.2. The maximum absolute atomic E-state index is 8.86. The van der Waals surface area contributed by atoms with E-state index in [4.69, 9.17) is 10.2 Å². The molecule has 0 aliphatic carbocycles. The molecule has 1 aliphatic heterocycles. The summed E-state index contributed by atoms with van der Waals surface area (Å²) >= 11 is 0. The van der Waals surface area contributed by atoms with E-state index in [2.05, 4.69) is 5.32 Å². The molecule has 2 atom stereocenters. The molecular weight excluding hydrogens is 106 g/mol. The summed E-state index contributed by atoms with van der Waals surface area (Å²) in [4.78, 5) is 0. The van der Waals surface area contributed by atoms with Crippen molar-refractivity contribution in [3.8, 4) is 0 Å². The third-order valence-corrected chi connectivity index (χ3v) is 1.42. The van der Waals surface area contributed by atoms with Crippen LogP contribution in [-0.4, -0.2) is 35.5 Å². The zero-order chi connectivity index (χ0) is 5.98. The van der Waals surface area contributed by atoms with Crippen molar-refractivity contribution in [2.24, 2.45) is 0 Å². The molecule has 0 aromatic rings. The fourth-order valence-electron chi connectivity index (χ4n) is 0.937. The first kappa shape index (κ1) is 6.01. The van der Waals surface area contributed by atoms with Gasteiger partial charge in [-0.2, -0.15) is 0 Å². The standard InChI is InChI=1S/C5H11NO2/c7-3-4-1-5(8)2-6-4/h4-8H,1-3H2/t4-,5?/m1/s1. The molecule has 0 aromatic carbocycles. The maximum atomic E-state index is 8.86. The third-order valence-electron chi connectivity index (χ3n) is 1.42. The van der Waals surface area contributed by atoms with Crippen molar-refractivity contribution in [2.75, 3.05) is 13.2 Å². The number of hydrogen-bond acceptors (Lipinski definition) is 3. The van der Waals surface area contributed by atoms with E-state index < -0.39 is 0 Å². The Balaban J connectivity index is 2.22. The second-order valence-electron chi connectivity index (χ2n) is 2.18. The molecule has 1 heterocycles. The first-order chi connectivity index (χ1) is 3.83. The van der Waals surface area contributed by atoms with E-state index in [0.29, 0.717) is 13.0 Å². The Morgan fingerprint density at radius 3 is 2.62 bits per heavy atom. The van der Waals surface area contributed by atoms with Gasteiger partial charge in [-0.25, -0.2) is 0 Å². The number of aliphatic hydroxyl groups is 2. The number of hydrogen-bond donors (Lipinski definition) is 3. The molecular formula is C5H11NO2. The molecule has 1 saturated heterocycles. The molecule has 3 nitrogen and oxygen atoms in total. The normalized spacial score (nSPS) is 38.2. The molecule has 3 heteroatoms. The highest BCUT2D eigenvalue weighted by Gasteiger charge is 2.20. The second kappa shape index (κ2) is 2.44. The van der Waals surface area contributed by atoms with Gasteiger partial charge in [0, 0.05) is 12.6 Å². The summed E-state index contributed by atoms with van der Waals surface area (Å²) in [5.74, 6) is 0. The van der Waals surface area contributed by atoms with Crippen LogP contribution in [0.1, 0.15) is 6.42 Å². The highest BCUT2D eigenvalue weighted by molar-refractivity contribution is 4.79. The average molecular weight is 117 g/mol. The first-order valence-electron chi connectivity index (χ1n) is 2.85. The topological polar surface area (TPSA) is 52.5 Å². The summed E-state index contributed by atoms with van der Waals surface area (Å²) in [6.07, 6.45) is 0.448. The molecule has 3 N–H and O–H groups in total. The van der Waals surface area contributed by atoms with Crippen LogP contribution in [0.25, 0.3) is 0 Å². The van der Waals surface area contributed by atoms with Gasteiger partial charge in [0.2, 0.25) is 0 Å². The van der Waals surface area contributed by atoms with Crippen molar-refractivity contribution < 1.29 is 10.2 Å². The largest absolute Gasteiger partial charge is 0.395 e. The predicted octanol–water partition coefficient (Wildman–Crippen LogP) is -1.30. The molecule has 0 aromatic heterocycles. The molecule has 1 unspecified atom stereocenters. The molecule has 1 fully saturated rings. The highest BCUT2D eigenvalue weighted by Crippen LogP contribution is 2.03. The molecule has 0 saturated carbocycles. The zero-order valence-electron chi connectivity index (χ0n) is 4.67. The van der Waals surface area contributed by atoms with Crippen LogP contribution in [0.3, 0.4) is 0 Å². The minimum Gasteiger partial charge on any atom is -0.395 e. The summed E-state index contributed by atoms with van der Waals surface area (Å²) < 4.78 is 0. The number of β-amino-alcohol motifs (C(OH)–C–C–N with tert-alkyl or cyclic N) is 1. The van der Waals surface area contributed by atoms with Gasteiger partial charge in [-0.15, -0.1) is 0 Å². The smallest absolute Gasteiger partial charge is 0.0680 e. The van der Waals surface area contributed by atoms with Gasteiger partial charge >= 0.3 is 0 Å². The summed E-state index contributed by atoms with van der Waals surface area (Å²) in [5, 5.41) is 20.3. The van der Waals surface area contributed by atoms with E-state index in [9.17, 15) is 0 Å². The Morgan fingerprint density at radius 1 is 1.62 bits per heavy atom. The van der Waals surface area contributed by atoms with Crippen LogP contribution in [0.2, 0.25) is 0 Å². The van der Waals surface area contributed by atoms with Gasteiger partial charge < -0.3 is 15.5 Å². The fraction of sp³-hybridized carbons (Fsp3) is 1.00. The number of nitrogens with one attached hydrogen (secondary N) is 1. The van der Waals surface area contributed by atoms with Crippen LogP contribution in [-0.2, 0) is 0 Å². The van der Waals surface area contributed by atoms with E-state index >= 15 is 0 Å². The van der Waals surface area contributed by atoms with E-state index in [1.165, 1.54) is 0 Å². The molecule has 1 rings (SSSR count). The van der Waals surface area contributed by atoms with Gasteiger partial charge in [0.25, 0.3) is 0 Å². The lowest BCUT2D eigenvalue weighted by Gasteiger charge is -2.01. The Kier molecular flexibility index (Phi) is 1.83. The molecule has 8 heavy (non-hydrogen) atoms. The number of rotatable bonds is 1. The Bertz CT molecular complexity index is 76.8. The second-order valence-corrected chi connectivity index (χ2v) is 2.18. The summed E-state index contributed by atoms with van der Waals surface area (Å²) in [6, 6.07) is 0.130. The van der Waals surface area contributed by atoms with Crippen molar-refractivity contribution in [3.05, 3.63) is 0 Å². The van der Waals surface area contributed by atoms with Crippen LogP contribution in [0.4, 0.5) is 0 Å². The minimum atomic E-state index is -0.243. The first-order valence-corrected chi connectivity index (χ1v) is 2.85. The molecule has 0 radical (unpaired) electrons. The van der Waals surface area contributed by atoms with Crippen LogP contribution in [0, 0.1) is 0 Å². The Labute approximate surface area is 48.3 Å². The highest BCUT2D eigenvalue weighted by atomic mass is 16.3. The van der Waals surface area contributed by atoms with Gasteiger partial charge in [-0.05, 0) is 6.42 Å². The summed E-state index contributed by atoms with van der Waals surface area (Å²) in [6.45, 7) is 0.766. The summed E-state index contributed by atoms with van der Waals surface area (Å²) in [5.41, 5.74) is 0. The summed E-state index contributed by atoms with van der Waals surface area (Å²) in [7, 11) is 0. The van der Waals surface area contributed by atoms with E-state index in [1.54, 1.807) is 0 Å². The van der Waals surface area contributed by atoms with Gasteiger partial charge in [0.05, 0.1) is 12.7 Å².